The van der Waals surface area contributed by atoms with Gasteiger partial charge in [0.05, 0.1) is 13.2 Å². The zero-order valence-electron chi connectivity index (χ0n) is 14.2. The number of nitrogens with one attached hydrogen (secondary N) is 1. The van der Waals surface area contributed by atoms with Crippen molar-refractivity contribution in [2.45, 2.75) is 23.7 Å². The van der Waals surface area contributed by atoms with Crippen LogP contribution in [-0.2, 0) is 19.4 Å². The lowest BCUT2D eigenvalue weighted by atomic mass is 9.94. The summed E-state index contributed by atoms with van der Waals surface area (Å²) in [6.07, 6.45) is 1.23. The van der Waals surface area contributed by atoms with Crippen LogP contribution in [-0.4, -0.2) is 63.0 Å². The van der Waals surface area contributed by atoms with E-state index in [0.717, 1.165) is 6.26 Å². The molecule has 2 heterocycles. The summed E-state index contributed by atoms with van der Waals surface area (Å²) in [5.74, 6) is -0.725. The van der Waals surface area contributed by atoms with E-state index in [1.807, 2.05) is 0 Å². The molecule has 2 aliphatic rings. The SMILES string of the molecule is CS(=O)(=O)C1(C(=O)N2CCOC(c3cccc(F)c3)C2)CCNCC1. The van der Waals surface area contributed by atoms with Gasteiger partial charge in [0.25, 0.3) is 0 Å². The molecule has 0 aliphatic carbocycles. The lowest BCUT2D eigenvalue weighted by Gasteiger charge is -2.41. The molecule has 1 N–H and O–H groups in total. The molecule has 0 spiro atoms. The molecule has 3 rings (SSSR count). The molecule has 1 aromatic carbocycles. The van der Waals surface area contributed by atoms with Gasteiger partial charge in [-0.15, -0.1) is 0 Å². The van der Waals surface area contributed by atoms with Crippen molar-refractivity contribution in [2.75, 3.05) is 39.0 Å². The van der Waals surface area contributed by atoms with Crippen molar-refractivity contribution in [1.29, 1.82) is 0 Å². The monoisotopic (exact) mass is 370 g/mol. The van der Waals surface area contributed by atoms with Crippen LogP contribution in [0.4, 0.5) is 4.39 Å². The van der Waals surface area contributed by atoms with E-state index < -0.39 is 20.7 Å². The highest BCUT2D eigenvalue weighted by atomic mass is 32.2. The number of carbonyl (C=O) groups is 1. The topological polar surface area (TPSA) is 75.7 Å². The first-order valence-electron chi connectivity index (χ1n) is 8.40. The van der Waals surface area contributed by atoms with Gasteiger partial charge in [-0.3, -0.25) is 4.79 Å². The molecule has 2 fully saturated rings. The Morgan fingerprint density at radius 1 is 1.36 bits per heavy atom. The fourth-order valence-electron chi connectivity index (χ4n) is 3.60. The summed E-state index contributed by atoms with van der Waals surface area (Å²) in [5.41, 5.74) is 0.649. The molecular weight excluding hydrogens is 347 g/mol. The van der Waals surface area contributed by atoms with Gasteiger partial charge in [-0.2, -0.15) is 0 Å². The number of carbonyl (C=O) groups excluding carboxylic acids is 1. The number of rotatable bonds is 3. The molecule has 25 heavy (non-hydrogen) atoms. The van der Waals surface area contributed by atoms with Crippen LogP contribution in [0.3, 0.4) is 0 Å². The number of hydrogen-bond donors (Lipinski definition) is 1. The van der Waals surface area contributed by atoms with E-state index >= 15 is 0 Å². The lowest BCUT2D eigenvalue weighted by Crippen LogP contribution is -2.60. The first kappa shape index (κ1) is 18.3. The van der Waals surface area contributed by atoms with Crippen LogP contribution in [0, 0.1) is 5.82 Å². The molecule has 138 valence electrons. The van der Waals surface area contributed by atoms with E-state index in [1.165, 1.54) is 12.1 Å². The van der Waals surface area contributed by atoms with Gasteiger partial charge < -0.3 is 15.0 Å². The van der Waals surface area contributed by atoms with E-state index in [9.17, 15) is 17.6 Å². The second-order valence-electron chi connectivity index (χ2n) is 6.68. The summed E-state index contributed by atoms with van der Waals surface area (Å²) in [5, 5.41) is 3.11. The fourth-order valence-corrected chi connectivity index (χ4v) is 5.00. The Kier molecular flexibility index (Phi) is 5.13. The number of sulfone groups is 1. The Bertz CT molecular complexity index is 747. The fraction of sp³-hybridized carbons (Fsp3) is 0.588. The van der Waals surface area contributed by atoms with Gasteiger partial charge in [0.1, 0.15) is 11.9 Å². The molecule has 2 aliphatic heterocycles. The highest BCUT2D eigenvalue weighted by Gasteiger charge is 2.51. The number of piperidine rings is 1. The van der Waals surface area contributed by atoms with Crippen LogP contribution in [0.25, 0.3) is 0 Å². The zero-order valence-corrected chi connectivity index (χ0v) is 15.0. The third-order valence-corrected chi connectivity index (χ3v) is 7.09. The summed E-state index contributed by atoms with van der Waals surface area (Å²) in [4.78, 5) is 14.7. The van der Waals surface area contributed by atoms with Crippen molar-refractivity contribution in [3.05, 3.63) is 35.6 Å². The first-order valence-corrected chi connectivity index (χ1v) is 10.3. The van der Waals surface area contributed by atoms with Gasteiger partial charge >= 0.3 is 0 Å². The Labute approximate surface area is 147 Å². The number of hydrogen-bond acceptors (Lipinski definition) is 5. The smallest absolute Gasteiger partial charge is 0.244 e. The van der Waals surface area contributed by atoms with E-state index in [-0.39, 0.29) is 31.1 Å². The summed E-state index contributed by atoms with van der Waals surface area (Å²) in [6.45, 7) is 1.86. The van der Waals surface area contributed by atoms with Crippen molar-refractivity contribution in [3.63, 3.8) is 0 Å². The van der Waals surface area contributed by atoms with Crippen molar-refractivity contribution >= 4 is 15.7 Å². The van der Waals surface area contributed by atoms with E-state index in [1.54, 1.807) is 17.0 Å². The molecule has 1 atom stereocenters. The third kappa shape index (κ3) is 3.56. The highest BCUT2D eigenvalue weighted by molar-refractivity contribution is 7.92. The average molecular weight is 370 g/mol. The Hall–Kier alpha value is -1.51. The number of morpholine rings is 1. The largest absolute Gasteiger partial charge is 0.370 e. The van der Waals surface area contributed by atoms with Gasteiger partial charge in [0.15, 0.2) is 14.6 Å². The van der Waals surface area contributed by atoms with Crippen LogP contribution in [0.1, 0.15) is 24.5 Å². The van der Waals surface area contributed by atoms with Crippen LogP contribution in [0.2, 0.25) is 0 Å². The molecule has 2 saturated heterocycles. The molecular formula is C17H23FN2O4S. The lowest BCUT2D eigenvalue weighted by molar-refractivity contribution is -0.142. The summed E-state index contributed by atoms with van der Waals surface area (Å²) >= 11 is 0. The molecule has 0 aromatic heterocycles. The predicted molar refractivity (Wildman–Crippen MR) is 91.4 cm³/mol. The summed E-state index contributed by atoms with van der Waals surface area (Å²) in [7, 11) is -3.56. The van der Waals surface area contributed by atoms with Gasteiger partial charge in [-0.25, -0.2) is 12.8 Å². The normalized spacial score (nSPS) is 24.1. The molecule has 1 amide bonds. The van der Waals surface area contributed by atoms with Crippen LogP contribution in [0.5, 0.6) is 0 Å². The summed E-state index contributed by atoms with van der Waals surface area (Å²) in [6, 6.07) is 6.08. The van der Waals surface area contributed by atoms with Crippen molar-refractivity contribution in [3.8, 4) is 0 Å². The molecule has 8 heteroatoms. The van der Waals surface area contributed by atoms with E-state index in [4.69, 9.17) is 4.74 Å². The Morgan fingerprint density at radius 3 is 2.72 bits per heavy atom. The van der Waals surface area contributed by atoms with Gasteiger partial charge in [-0.1, -0.05) is 12.1 Å². The van der Waals surface area contributed by atoms with Crippen LogP contribution >= 0.6 is 0 Å². The minimum atomic E-state index is -3.56. The molecule has 1 aromatic rings. The maximum atomic E-state index is 13.5. The quantitative estimate of drug-likeness (QED) is 0.855. The number of amides is 1. The van der Waals surface area contributed by atoms with Gasteiger partial charge in [-0.05, 0) is 43.6 Å². The van der Waals surface area contributed by atoms with Crippen LogP contribution in [0.15, 0.2) is 24.3 Å². The number of halogens is 1. The maximum absolute atomic E-state index is 13.5. The van der Waals surface area contributed by atoms with Crippen molar-refractivity contribution in [2.24, 2.45) is 0 Å². The highest BCUT2D eigenvalue weighted by Crippen LogP contribution is 2.32. The zero-order chi connectivity index (χ0) is 18.1. The Morgan fingerprint density at radius 2 is 2.08 bits per heavy atom. The minimum Gasteiger partial charge on any atom is -0.370 e. The molecule has 0 radical (unpaired) electrons. The van der Waals surface area contributed by atoms with Crippen molar-refractivity contribution < 1.29 is 22.3 Å². The standard InChI is InChI=1S/C17H23FN2O4S/c1-25(22,23)17(5-7-19-8-6-17)16(21)20-9-10-24-15(12-20)13-3-2-4-14(18)11-13/h2-4,11,15,19H,5-10,12H2,1H3. The number of nitrogens with zero attached hydrogens (tertiary/aromatic N) is 1. The van der Waals surface area contributed by atoms with Gasteiger partial charge in [0.2, 0.25) is 5.91 Å². The van der Waals surface area contributed by atoms with E-state index in [0.29, 0.717) is 31.8 Å². The molecule has 0 saturated carbocycles. The predicted octanol–water partition coefficient (Wildman–Crippen LogP) is 0.892. The number of ether oxygens (including phenoxy) is 1. The van der Waals surface area contributed by atoms with Crippen molar-refractivity contribution in [1.82, 2.24) is 10.2 Å². The minimum absolute atomic E-state index is 0.229. The number of benzene rings is 1. The first-order chi connectivity index (χ1) is 11.8. The second kappa shape index (κ2) is 7.01. The molecule has 1 unspecified atom stereocenters. The van der Waals surface area contributed by atoms with E-state index in [2.05, 4.69) is 5.32 Å². The average Bonchev–Trinajstić information content (AvgIpc) is 2.61. The maximum Gasteiger partial charge on any atom is 0.244 e. The third-order valence-electron chi connectivity index (χ3n) is 5.08. The summed E-state index contributed by atoms with van der Waals surface area (Å²) < 4.78 is 42.6. The molecule has 0 bridgehead atoms. The van der Waals surface area contributed by atoms with Crippen LogP contribution < -0.4 is 5.32 Å². The van der Waals surface area contributed by atoms with Gasteiger partial charge in [0, 0.05) is 12.8 Å². The molecule has 6 nitrogen and oxygen atoms in total. The second-order valence-corrected chi connectivity index (χ2v) is 9.01. The Balaban J connectivity index is 1.83.